The summed E-state index contributed by atoms with van der Waals surface area (Å²) < 4.78 is 35.3. The number of rotatable bonds is 9. The first-order chi connectivity index (χ1) is 14.4. The Kier molecular flexibility index (Phi) is 7.39. The maximum absolute atomic E-state index is 12.8. The number of non-ortho nitro benzene ring substituents is 1. The quantitative estimate of drug-likeness (QED) is 0.438. The summed E-state index contributed by atoms with van der Waals surface area (Å²) in [5.41, 5.74) is 0.171. The number of hydrogen-bond donors (Lipinski definition) is 2. The Hall–Kier alpha value is -2.99. The molecule has 1 aromatic carbocycles. The molecule has 2 rings (SSSR count). The van der Waals surface area contributed by atoms with Gasteiger partial charge in [-0.25, -0.2) is 17.8 Å². The van der Waals surface area contributed by atoms with Crippen LogP contribution >= 0.6 is 0 Å². The molecule has 0 spiro atoms. The zero-order valence-corrected chi connectivity index (χ0v) is 19.1. The molecule has 31 heavy (non-hydrogen) atoms. The van der Waals surface area contributed by atoms with Gasteiger partial charge in [-0.05, 0) is 47.6 Å². The first-order valence-electron chi connectivity index (χ1n) is 9.74. The van der Waals surface area contributed by atoms with E-state index in [1.165, 1.54) is 10.7 Å². The molecule has 2 aromatic rings. The maximum Gasteiger partial charge on any atom is 0.272 e. The number of nitrogens with zero attached hydrogens (tertiary/aromatic N) is 3. The normalized spacial score (nSPS) is 11.7. The average Bonchev–Trinajstić information content (AvgIpc) is 2.96. The fraction of sp³-hybridized carbons (Fsp3) is 0.474. The molecule has 12 heteroatoms. The second-order valence-electron chi connectivity index (χ2n) is 7.49. The second kappa shape index (κ2) is 9.43. The smallest absolute Gasteiger partial charge is 0.272 e. The Bertz CT molecular complexity index is 1090. The summed E-state index contributed by atoms with van der Waals surface area (Å²) in [6, 6.07) is 2.77. The Morgan fingerprint density at radius 1 is 1.26 bits per heavy atom. The van der Waals surface area contributed by atoms with Crippen LogP contribution in [-0.2, 0) is 16.6 Å². The van der Waals surface area contributed by atoms with Crippen LogP contribution in [0.5, 0.6) is 11.6 Å². The van der Waals surface area contributed by atoms with Crippen LogP contribution in [0, 0.1) is 17.0 Å². The van der Waals surface area contributed by atoms with Gasteiger partial charge in [-0.2, -0.15) is 5.10 Å². The first-order valence-corrected chi connectivity index (χ1v) is 11.2. The van der Waals surface area contributed by atoms with Crippen molar-refractivity contribution in [2.75, 3.05) is 0 Å². The number of nitro groups is 1. The van der Waals surface area contributed by atoms with E-state index in [2.05, 4.69) is 15.1 Å². The number of benzene rings is 1. The molecule has 0 saturated heterocycles. The Balaban J connectivity index is 2.59. The molecule has 0 aliphatic heterocycles. The van der Waals surface area contributed by atoms with Crippen LogP contribution in [0.25, 0.3) is 0 Å². The molecule has 11 nitrogen and oxygen atoms in total. The first kappa shape index (κ1) is 24.3. The molecule has 0 unspecified atom stereocenters. The molecule has 0 aliphatic carbocycles. The van der Waals surface area contributed by atoms with Gasteiger partial charge in [0.2, 0.25) is 15.9 Å². The highest BCUT2D eigenvalue weighted by Crippen LogP contribution is 2.34. The molecular formula is C19H27N5O6S. The van der Waals surface area contributed by atoms with E-state index in [4.69, 9.17) is 4.74 Å². The molecular weight excluding hydrogens is 426 g/mol. The lowest BCUT2D eigenvalue weighted by Crippen LogP contribution is -2.31. The summed E-state index contributed by atoms with van der Waals surface area (Å²) in [5, 5.41) is 18.2. The van der Waals surface area contributed by atoms with E-state index in [9.17, 15) is 23.3 Å². The molecule has 0 atom stereocenters. The largest absolute Gasteiger partial charge is 0.438 e. The fourth-order valence-electron chi connectivity index (χ4n) is 2.81. The third kappa shape index (κ3) is 5.58. The van der Waals surface area contributed by atoms with Crippen LogP contribution in [-0.4, -0.2) is 41.1 Å². The number of aromatic nitrogens is 2. The van der Waals surface area contributed by atoms with Crippen LogP contribution in [0.3, 0.4) is 0 Å². The predicted octanol–water partition coefficient (Wildman–Crippen LogP) is 2.74. The lowest BCUT2D eigenvalue weighted by atomic mass is 10.2. The zero-order valence-electron chi connectivity index (χ0n) is 18.3. The highest BCUT2D eigenvalue weighted by Gasteiger charge is 2.27. The standard InChI is InChI=1S/C19H27N5O6S/c1-7-23-19(13(6)17(21-23)18(25)20-11(2)3)30-15-9-8-14(24(26)27)10-16(15)31(28,29)22-12(4)5/h8-12,22H,7H2,1-6H3,(H,20,25). The number of nitrogens with one attached hydrogen (secondary N) is 2. The molecule has 0 aliphatic rings. The van der Waals surface area contributed by atoms with Gasteiger partial charge in [-0.1, -0.05) is 0 Å². The van der Waals surface area contributed by atoms with Crippen molar-refractivity contribution in [3.8, 4) is 11.6 Å². The van der Waals surface area contributed by atoms with Crippen molar-refractivity contribution in [1.29, 1.82) is 0 Å². The fourth-order valence-corrected chi connectivity index (χ4v) is 4.21. The minimum atomic E-state index is -4.11. The molecule has 1 heterocycles. The van der Waals surface area contributed by atoms with Crippen molar-refractivity contribution in [2.45, 2.75) is 65.1 Å². The Labute approximate surface area is 181 Å². The van der Waals surface area contributed by atoms with Crippen molar-refractivity contribution in [3.05, 3.63) is 39.6 Å². The van der Waals surface area contributed by atoms with E-state index in [1.807, 2.05) is 13.8 Å². The van der Waals surface area contributed by atoms with Crippen LogP contribution < -0.4 is 14.8 Å². The maximum atomic E-state index is 12.8. The van der Waals surface area contributed by atoms with Crippen molar-refractivity contribution >= 4 is 21.6 Å². The number of ether oxygens (including phenoxy) is 1. The van der Waals surface area contributed by atoms with Gasteiger partial charge >= 0.3 is 0 Å². The minimum absolute atomic E-state index is 0.100. The molecule has 0 saturated carbocycles. The summed E-state index contributed by atoms with van der Waals surface area (Å²) in [6.07, 6.45) is 0. The van der Waals surface area contributed by atoms with Gasteiger partial charge in [-0.3, -0.25) is 14.9 Å². The molecule has 0 bridgehead atoms. The SMILES string of the molecule is CCn1nc(C(=O)NC(C)C)c(C)c1Oc1ccc([N+](=O)[O-])cc1S(=O)(=O)NC(C)C. The highest BCUT2D eigenvalue weighted by molar-refractivity contribution is 7.89. The number of aryl methyl sites for hydroxylation is 1. The second-order valence-corrected chi connectivity index (χ2v) is 9.17. The van der Waals surface area contributed by atoms with Gasteiger partial charge < -0.3 is 10.1 Å². The van der Waals surface area contributed by atoms with Crippen molar-refractivity contribution in [3.63, 3.8) is 0 Å². The molecule has 1 aromatic heterocycles. The number of sulfonamides is 1. The third-order valence-corrected chi connectivity index (χ3v) is 5.77. The molecule has 2 N–H and O–H groups in total. The van der Waals surface area contributed by atoms with Crippen molar-refractivity contribution < 1.29 is 22.9 Å². The van der Waals surface area contributed by atoms with Gasteiger partial charge in [0.15, 0.2) is 5.69 Å². The van der Waals surface area contributed by atoms with Crippen molar-refractivity contribution in [2.24, 2.45) is 0 Å². The number of hydrogen-bond acceptors (Lipinski definition) is 7. The van der Waals surface area contributed by atoms with Gasteiger partial charge in [-0.15, -0.1) is 0 Å². The van der Waals surface area contributed by atoms with Crippen molar-refractivity contribution in [1.82, 2.24) is 19.8 Å². The summed E-state index contributed by atoms with van der Waals surface area (Å²) in [5.74, 6) is -0.332. The van der Waals surface area contributed by atoms with E-state index in [0.29, 0.717) is 12.1 Å². The molecule has 170 valence electrons. The van der Waals surface area contributed by atoms with Crippen LogP contribution in [0.4, 0.5) is 5.69 Å². The third-order valence-electron chi connectivity index (χ3n) is 4.09. The van der Waals surface area contributed by atoms with Gasteiger partial charge in [0.05, 0.1) is 4.92 Å². The number of carbonyl (C=O) groups is 1. The molecule has 1 amide bonds. The summed E-state index contributed by atoms with van der Waals surface area (Å²) in [7, 11) is -4.11. The average molecular weight is 454 g/mol. The molecule has 0 fully saturated rings. The van der Waals surface area contributed by atoms with Crippen LogP contribution in [0.15, 0.2) is 23.1 Å². The number of carbonyl (C=O) groups excluding carboxylic acids is 1. The van der Waals surface area contributed by atoms with Gasteiger partial charge in [0, 0.05) is 36.3 Å². The molecule has 0 radical (unpaired) electrons. The lowest BCUT2D eigenvalue weighted by Gasteiger charge is -2.15. The van der Waals surface area contributed by atoms with E-state index >= 15 is 0 Å². The highest BCUT2D eigenvalue weighted by atomic mass is 32.2. The number of amides is 1. The zero-order chi connectivity index (χ0) is 23.5. The minimum Gasteiger partial charge on any atom is -0.438 e. The summed E-state index contributed by atoms with van der Waals surface area (Å²) in [4.78, 5) is 22.6. The summed E-state index contributed by atoms with van der Waals surface area (Å²) in [6.45, 7) is 10.7. The van der Waals surface area contributed by atoms with E-state index in [-0.39, 0.29) is 34.2 Å². The van der Waals surface area contributed by atoms with Crippen LogP contribution in [0.2, 0.25) is 0 Å². The topological polar surface area (TPSA) is 145 Å². The monoisotopic (exact) mass is 453 g/mol. The Morgan fingerprint density at radius 3 is 2.42 bits per heavy atom. The van der Waals surface area contributed by atoms with Gasteiger partial charge in [0.25, 0.3) is 11.6 Å². The van der Waals surface area contributed by atoms with E-state index < -0.39 is 26.7 Å². The summed E-state index contributed by atoms with van der Waals surface area (Å²) >= 11 is 0. The predicted molar refractivity (Wildman–Crippen MR) is 114 cm³/mol. The Morgan fingerprint density at radius 2 is 1.90 bits per heavy atom. The van der Waals surface area contributed by atoms with E-state index in [1.54, 1.807) is 27.7 Å². The van der Waals surface area contributed by atoms with Gasteiger partial charge in [0.1, 0.15) is 10.6 Å². The lowest BCUT2D eigenvalue weighted by molar-refractivity contribution is -0.385. The number of nitro benzene ring substituents is 1. The van der Waals surface area contributed by atoms with E-state index in [0.717, 1.165) is 12.1 Å². The van der Waals surface area contributed by atoms with Crippen LogP contribution in [0.1, 0.15) is 50.7 Å².